The molecule has 1 N–H and O–H groups in total. The maximum absolute atomic E-state index is 12.5. The van der Waals surface area contributed by atoms with Crippen LogP contribution < -0.4 is 5.32 Å². The zero-order valence-electron chi connectivity index (χ0n) is 14.0. The van der Waals surface area contributed by atoms with E-state index in [1.807, 2.05) is 6.92 Å². The van der Waals surface area contributed by atoms with Crippen molar-refractivity contribution < 1.29 is 4.79 Å². The number of carbonyl (C=O) groups is 1. The van der Waals surface area contributed by atoms with E-state index in [2.05, 4.69) is 35.2 Å². The van der Waals surface area contributed by atoms with Gasteiger partial charge >= 0.3 is 0 Å². The molecule has 1 amide bonds. The molecule has 5 nitrogen and oxygen atoms in total. The average Bonchev–Trinajstić information content (AvgIpc) is 2.90. The van der Waals surface area contributed by atoms with Crippen LogP contribution in [-0.4, -0.2) is 21.1 Å². The highest BCUT2D eigenvalue weighted by molar-refractivity contribution is 8.00. The van der Waals surface area contributed by atoms with Gasteiger partial charge in [0.05, 0.1) is 16.9 Å². The Kier molecular flexibility index (Phi) is 5.02. The summed E-state index contributed by atoms with van der Waals surface area (Å²) in [6, 6.07) is 8.94. The van der Waals surface area contributed by atoms with Gasteiger partial charge in [-0.05, 0) is 44.5 Å². The third-order valence-electron chi connectivity index (χ3n) is 3.85. The number of fused-ring (bicyclic) bond motifs is 1. The van der Waals surface area contributed by atoms with Crippen LogP contribution in [0, 0.1) is 25.2 Å². The predicted octanol–water partition coefficient (Wildman–Crippen LogP) is 4.30. The fraction of sp³-hybridized carbons (Fsp3) is 0.222. The molecule has 1 aromatic carbocycles. The number of hydrogen-bond donors (Lipinski definition) is 1. The van der Waals surface area contributed by atoms with Gasteiger partial charge in [-0.2, -0.15) is 5.26 Å². The molecule has 3 rings (SSSR count). The number of nitrogens with one attached hydrogen (secondary N) is 1. The Bertz CT molecular complexity index is 990. The molecule has 0 aliphatic rings. The summed E-state index contributed by atoms with van der Waals surface area (Å²) < 4.78 is 0. The van der Waals surface area contributed by atoms with Gasteiger partial charge in [0.25, 0.3) is 0 Å². The summed E-state index contributed by atoms with van der Waals surface area (Å²) in [7, 11) is 0. The number of hydrogen-bond acceptors (Lipinski definition) is 6. The van der Waals surface area contributed by atoms with E-state index in [-0.39, 0.29) is 11.2 Å². The number of benzene rings is 1. The van der Waals surface area contributed by atoms with E-state index in [4.69, 9.17) is 5.26 Å². The molecule has 1 atom stereocenters. The maximum atomic E-state index is 12.5. The normalized spacial score (nSPS) is 11.9. The molecule has 0 fully saturated rings. The van der Waals surface area contributed by atoms with Gasteiger partial charge in [0.15, 0.2) is 0 Å². The fourth-order valence-corrected chi connectivity index (χ4v) is 4.41. The molecule has 0 aliphatic heterocycles. The zero-order chi connectivity index (χ0) is 18.0. The Morgan fingerprint density at radius 1 is 1.36 bits per heavy atom. The number of carbonyl (C=O) groups excluding carboxylic acids is 1. The number of aromatic nitrogens is 2. The highest BCUT2D eigenvalue weighted by Gasteiger charge is 2.19. The predicted molar refractivity (Wildman–Crippen MR) is 102 cm³/mol. The van der Waals surface area contributed by atoms with Gasteiger partial charge in [0.2, 0.25) is 5.91 Å². The van der Waals surface area contributed by atoms with E-state index in [9.17, 15) is 4.79 Å². The Morgan fingerprint density at radius 2 is 2.16 bits per heavy atom. The van der Waals surface area contributed by atoms with Crippen molar-refractivity contribution in [2.75, 3.05) is 5.32 Å². The highest BCUT2D eigenvalue weighted by Crippen LogP contribution is 2.36. The maximum Gasteiger partial charge on any atom is 0.237 e. The molecule has 0 bridgehead atoms. The molecule has 0 spiro atoms. The second kappa shape index (κ2) is 7.21. The summed E-state index contributed by atoms with van der Waals surface area (Å²) >= 11 is 3.06. The molecular formula is C18H16N4OS2. The van der Waals surface area contributed by atoms with Crippen LogP contribution in [-0.2, 0) is 4.79 Å². The molecule has 0 radical (unpaired) electrons. The minimum atomic E-state index is -0.330. The van der Waals surface area contributed by atoms with Crippen molar-refractivity contribution in [3.63, 3.8) is 0 Å². The van der Waals surface area contributed by atoms with Crippen LogP contribution in [0.1, 0.15) is 22.9 Å². The molecule has 3 aromatic rings. The van der Waals surface area contributed by atoms with Crippen molar-refractivity contribution in [2.45, 2.75) is 31.0 Å². The third kappa shape index (κ3) is 3.65. The topological polar surface area (TPSA) is 78.7 Å². The van der Waals surface area contributed by atoms with Crippen LogP contribution in [0.2, 0.25) is 0 Å². The second-order valence-electron chi connectivity index (χ2n) is 5.58. The Labute approximate surface area is 154 Å². The van der Waals surface area contributed by atoms with Crippen LogP contribution in [0.5, 0.6) is 0 Å². The number of aryl methyl sites for hydroxylation is 2. The first-order valence-electron chi connectivity index (χ1n) is 7.68. The van der Waals surface area contributed by atoms with Crippen molar-refractivity contribution in [3.8, 4) is 6.07 Å². The molecule has 0 saturated carbocycles. The molecule has 0 aliphatic carbocycles. The minimum absolute atomic E-state index is 0.128. The van der Waals surface area contributed by atoms with E-state index >= 15 is 0 Å². The lowest BCUT2D eigenvalue weighted by molar-refractivity contribution is -0.115. The van der Waals surface area contributed by atoms with E-state index in [0.29, 0.717) is 11.3 Å². The van der Waals surface area contributed by atoms with Crippen LogP contribution in [0.3, 0.4) is 0 Å². The highest BCUT2D eigenvalue weighted by atomic mass is 32.2. The summed E-state index contributed by atoms with van der Waals surface area (Å²) in [4.78, 5) is 23.3. The Balaban J connectivity index is 1.79. The van der Waals surface area contributed by atoms with Gasteiger partial charge < -0.3 is 5.32 Å². The van der Waals surface area contributed by atoms with Crippen LogP contribution >= 0.6 is 23.1 Å². The van der Waals surface area contributed by atoms with E-state index < -0.39 is 0 Å². The Morgan fingerprint density at radius 3 is 2.92 bits per heavy atom. The summed E-state index contributed by atoms with van der Waals surface area (Å²) in [5, 5.41) is 13.3. The van der Waals surface area contributed by atoms with Crippen LogP contribution in [0.4, 0.5) is 5.69 Å². The number of amides is 1. The van der Waals surface area contributed by atoms with Gasteiger partial charge in [0.1, 0.15) is 16.2 Å². The molecule has 0 saturated heterocycles. The lowest BCUT2D eigenvalue weighted by Crippen LogP contribution is -2.22. The van der Waals surface area contributed by atoms with Crippen molar-refractivity contribution >= 4 is 44.9 Å². The van der Waals surface area contributed by atoms with Crippen molar-refractivity contribution in [1.29, 1.82) is 5.26 Å². The van der Waals surface area contributed by atoms with Crippen molar-refractivity contribution in [3.05, 3.63) is 46.6 Å². The number of thioether (sulfide) groups is 1. The summed E-state index contributed by atoms with van der Waals surface area (Å²) in [5.41, 5.74) is 2.30. The first kappa shape index (κ1) is 17.4. The molecule has 2 heterocycles. The van der Waals surface area contributed by atoms with Crippen LogP contribution in [0.25, 0.3) is 10.2 Å². The lowest BCUT2D eigenvalue weighted by atomic mass is 10.2. The molecule has 0 unspecified atom stereocenters. The SMILES string of the molecule is Cc1sc2ncnc(S[C@H](C)C(=O)Nc3cccc(C#N)c3)c2c1C. The van der Waals surface area contributed by atoms with Crippen molar-refractivity contribution in [2.24, 2.45) is 0 Å². The minimum Gasteiger partial charge on any atom is -0.325 e. The summed E-state index contributed by atoms with van der Waals surface area (Å²) in [6.07, 6.45) is 1.54. The largest absolute Gasteiger partial charge is 0.325 e. The molecule has 126 valence electrons. The summed E-state index contributed by atoms with van der Waals surface area (Å²) in [5.74, 6) is -0.128. The lowest BCUT2D eigenvalue weighted by Gasteiger charge is -2.12. The fourth-order valence-electron chi connectivity index (χ4n) is 2.37. The smallest absolute Gasteiger partial charge is 0.237 e. The zero-order valence-corrected chi connectivity index (χ0v) is 15.7. The van der Waals surface area contributed by atoms with Gasteiger partial charge in [0, 0.05) is 16.0 Å². The third-order valence-corrected chi connectivity index (χ3v) is 6.06. The second-order valence-corrected chi connectivity index (χ2v) is 8.12. The average molecular weight is 368 g/mol. The Hall–Kier alpha value is -2.43. The first-order chi connectivity index (χ1) is 12.0. The molecule has 2 aromatic heterocycles. The van der Waals surface area contributed by atoms with Gasteiger partial charge in [-0.3, -0.25) is 4.79 Å². The summed E-state index contributed by atoms with van der Waals surface area (Å²) in [6.45, 7) is 5.96. The van der Waals surface area contributed by atoms with Gasteiger partial charge in [-0.15, -0.1) is 11.3 Å². The van der Waals surface area contributed by atoms with E-state index in [1.54, 1.807) is 41.9 Å². The van der Waals surface area contributed by atoms with Crippen molar-refractivity contribution in [1.82, 2.24) is 9.97 Å². The number of rotatable bonds is 4. The number of nitrogens with zero attached hydrogens (tertiary/aromatic N) is 3. The first-order valence-corrected chi connectivity index (χ1v) is 9.37. The van der Waals surface area contributed by atoms with Gasteiger partial charge in [-0.1, -0.05) is 17.8 Å². The van der Waals surface area contributed by atoms with E-state index in [1.165, 1.54) is 16.6 Å². The monoisotopic (exact) mass is 368 g/mol. The molecule has 25 heavy (non-hydrogen) atoms. The quantitative estimate of drug-likeness (QED) is 0.549. The van der Waals surface area contributed by atoms with Gasteiger partial charge in [-0.25, -0.2) is 9.97 Å². The number of anilines is 1. The van der Waals surface area contributed by atoms with Crippen LogP contribution in [0.15, 0.2) is 35.6 Å². The molecular weight excluding hydrogens is 352 g/mol. The number of thiophene rings is 1. The number of nitriles is 1. The van der Waals surface area contributed by atoms with E-state index in [0.717, 1.165) is 20.8 Å². The standard InChI is InChI=1S/C18H16N4OS2/c1-10-11(2)24-17-15(10)18(21-9-20-17)25-12(3)16(23)22-14-6-4-5-13(7-14)8-19/h4-7,9,12H,1-3H3,(H,22,23)/t12-/m1/s1. The molecule has 7 heteroatoms.